The average molecular weight is 286 g/mol. The van der Waals surface area contributed by atoms with Gasteiger partial charge in [-0.2, -0.15) is 0 Å². The van der Waals surface area contributed by atoms with Gasteiger partial charge in [-0.3, -0.25) is 4.79 Å². The Bertz CT molecular complexity index is 557. The van der Waals surface area contributed by atoms with Gasteiger partial charge in [0.05, 0.1) is 16.3 Å². The number of anilines is 2. The van der Waals surface area contributed by atoms with Crippen molar-refractivity contribution in [1.82, 2.24) is 10.0 Å². The Morgan fingerprint density at radius 1 is 1.32 bits per heavy atom. The van der Waals surface area contributed by atoms with E-state index in [0.717, 1.165) is 0 Å². The van der Waals surface area contributed by atoms with Crippen LogP contribution in [0.15, 0.2) is 23.1 Å². The van der Waals surface area contributed by atoms with E-state index >= 15 is 0 Å². The predicted molar refractivity (Wildman–Crippen MR) is 74.3 cm³/mol. The Morgan fingerprint density at radius 3 is 2.53 bits per heavy atom. The maximum absolute atomic E-state index is 11.6. The number of nitrogens with two attached hydrogens (primary N) is 1. The lowest BCUT2D eigenvalue weighted by Gasteiger charge is -2.10. The monoisotopic (exact) mass is 286 g/mol. The first-order valence-electron chi connectivity index (χ1n) is 5.68. The van der Waals surface area contributed by atoms with Crippen LogP contribution in [0.1, 0.15) is 6.42 Å². The second-order valence-electron chi connectivity index (χ2n) is 3.81. The largest absolute Gasteiger partial charge is 0.397 e. The standard InChI is InChI=1S/C11H18N4O3S/c1-13-11(16)5-6-15-10-4-3-8(7-9(10)12)19(17,18)14-2/h3-4,7,14-15H,5-6,12H2,1-2H3,(H,13,16). The van der Waals surface area contributed by atoms with E-state index in [0.29, 0.717) is 24.3 Å². The number of hydrogen-bond donors (Lipinski definition) is 4. The Hall–Kier alpha value is -1.80. The van der Waals surface area contributed by atoms with E-state index < -0.39 is 10.0 Å². The van der Waals surface area contributed by atoms with E-state index in [1.54, 1.807) is 13.1 Å². The number of benzene rings is 1. The van der Waals surface area contributed by atoms with Crippen LogP contribution in [0.5, 0.6) is 0 Å². The van der Waals surface area contributed by atoms with Crippen LogP contribution in [-0.2, 0) is 14.8 Å². The van der Waals surface area contributed by atoms with Gasteiger partial charge in [-0.1, -0.05) is 0 Å². The van der Waals surface area contributed by atoms with Crippen LogP contribution >= 0.6 is 0 Å². The summed E-state index contributed by atoms with van der Waals surface area (Å²) in [6.07, 6.45) is 0.312. The van der Waals surface area contributed by atoms with Crippen molar-refractivity contribution in [2.45, 2.75) is 11.3 Å². The molecule has 0 bridgehead atoms. The lowest BCUT2D eigenvalue weighted by molar-refractivity contribution is -0.120. The molecule has 0 spiro atoms. The summed E-state index contributed by atoms with van der Waals surface area (Å²) in [5.74, 6) is -0.0829. The maximum Gasteiger partial charge on any atom is 0.240 e. The average Bonchev–Trinajstić information content (AvgIpc) is 2.40. The highest BCUT2D eigenvalue weighted by molar-refractivity contribution is 7.89. The summed E-state index contributed by atoms with van der Waals surface area (Å²) in [5.41, 5.74) is 6.68. The molecule has 0 aliphatic carbocycles. The smallest absolute Gasteiger partial charge is 0.240 e. The number of carbonyl (C=O) groups excluding carboxylic acids is 1. The predicted octanol–water partition coefficient (Wildman–Crippen LogP) is -0.275. The normalized spacial score (nSPS) is 11.1. The first kappa shape index (κ1) is 15.3. The summed E-state index contributed by atoms with van der Waals surface area (Å²) in [7, 11) is -0.599. The number of nitrogen functional groups attached to an aromatic ring is 1. The molecule has 106 valence electrons. The minimum atomic E-state index is -3.50. The fourth-order valence-corrected chi connectivity index (χ4v) is 2.19. The second-order valence-corrected chi connectivity index (χ2v) is 5.69. The molecule has 19 heavy (non-hydrogen) atoms. The summed E-state index contributed by atoms with van der Waals surface area (Å²) in [6.45, 7) is 0.419. The summed E-state index contributed by atoms with van der Waals surface area (Å²) in [4.78, 5) is 11.1. The van der Waals surface area contributed by atoms with Crippen molar-refractivity contribution in [2.24, 2.45) is 0 Å². The van der Waals surface area contributed by atoms with Gasteiger partial charge in [-0.15, -0.1) is 0 Å². The fourth-order valence-electron chi connectivity index (χ4n) is 1.42. The highest BCUT2D eigenvalue weighted by Gasteiger charge is 2.12. The van der Waals surface area contributed by atoms with Gasteiger partial charge in [0.25, 0.3) is 0 Å². The second kappa shape index (κ2) is 6.39. The molecule has 5 N–H and O–H groups in total. The molecule has 0 aliphatic heterocycles. The number of nitrogens with one attached hydrogen (secondary N) is 3. The van der Waals surface area contributed by atoms with Crippen molar-refractivity contribution < 1.29 is 13.2 Å². The third-order valence-corrected chi connectivity index (χ3v) is 3.96. The van der Waals surface area contributed by atoms with Crippen molar-refractivity contribution in [1.29, 1.82) is 0 Å². The highest BCUT2D eigenvalue weighted by Crippen LogP contribution is 2.22. The van der Waals surface area contributed by atoms with Gasteiger partial charge in [-0.25, -0.2) is 13.1 Å². The Morgan fingerprint density at radius 2 is 2.00 bits per heavy atom. The molecule has 8 heteroatoms. The highest BCUT2D eigenvalue weighted by atomic mass is 32.2. The molecule has 0 radical (unpaired) electrons. The number of amides is 1. The van der Waals surface area contributed by atoms with E-state index in [1.807, 2.05) is 0 Å². The zero-order valence-electron chi connectivity index (χ0n) is 10.9. The first-order valence-corrected chi connectivity index (χ1v) is 7.16. The minimum absolute atomic E-state index is 0.0829. The molecule has 0 saturated heterocycles. The van der Waals surface area contributed by atoms with Crippen molar-refractivity contribution in [3.8, 4) is 0 Å². The number of carbonyl (C=O) groups is 1. The van der Waals surface area contributed by atoms with Crippen molar-refractivity contribution in [3.05, 3.63) is 18.2 Å². The van der Waals surface area contributed by atoms with Gasteiger partial charge in [0.1, 0.15) is 0 Å². The molecule has 0 heterocycles. The van der Waals surface area contributed by atoms with Gasteiger partial charge in [0.2, 0.25) is 15.9 Å². The Kier molecular flexibility index (Phi) is 5.13. The molecule has 0 aromatic heterocycles. The topological polar surface area (TPSA) is 113 Å². The van der Waals surface area contributed by atoms with Crippen molar-refractivity contribution >= 4 is 27.3 Å². The van der Waals surface area contributed by atoms with Crippen LogP contribution in [0.4, 0.5) is 11.4 Å². The lowest BCUT2D eigenvalue weighted by atomic mass is 10.2. The molecule has 0 fully saturated rings. The first-order chi connectivity index (χ1) is 8.90. The number of hydrogen-bond acceptors (Lipinski definition) is 5. The van der Waals surface area contributed by atoms with E-state index in [1.165, 1.54) is 19.2 Å². The van der Waals surface area contributed by atoms with E-state index in [9.17, 15) is 13.2 Å². The third kappa shape index (κ3) is 4.11. The maximum atomic E-state index is 11.6. The molecule has 1 amide bonds. The van der Waals surface area contributed by atoms with Crippen LogP contribution in [-0.4, -0.2) is 35.0 Å². The molecule has 1 rings (SSSR count). The third-order valence-electron chi connectivity index (χ3n) is 2.55. The van der Waals surface area contributed by atoms with Gasteiger partial charge >= 0.3 is 0 Å². The van der Waals surface area contributed by atoms with Crippen LogP contribution < -0.4 is 21.1 Å². The Balaban J connectivity index is 2.76. The molecule has 0 atom stereocenters. The van der Waals surface area contributed by atoms with Gasteiger partial charge in [0, 0.05) is 20.0 Å². The van der Waals surface area contributed by atoms with Gasteiger partial charge in [0.15, 0.2) is 0 Å². The van der Waals surface area contributed by atoms with Gasteiger partial charge < -0.3 is 16.4 Å². The zero-order valence-corrected chi connectivity index (χ0v) is 11.7. The zero-order chi connectivity index (χ0) is 14.5. The molecule has 1 aromatic rings. The molecule has 0 unspecified atom stereocenters. The minimum Gasteiger partial charge on any atom is -0.397 e. The molecular weight excluding hydrogens is 268 g/mol. The van der Waals surface area contributed by atoms with Crippen LogP contribution in [0.3, 0.4) is 0 Å². The van der Waals surface area contributed by atoms with Crippen LogP contribution in [0.2, 0.25) is 0 Å². The van der Waals surface area contributed by atoms with Gasteiger partial charge in [-0.05, 0) is 25.2 Å². The SMILES string of the molecule is CNC(=O)CCNc1ccc(S(=O)(=O)NC)cc1N. The summed E-state index contributed by atoms with van der Waals surface area (Å²) >= 11 is 0. The van der Waals surface area contributed by atoms with Crippen molar-refractivity contribution in [3.63, 3.8) is 0 Å². The molecule has 1 aromatic carbocycles. The summed E-state index contributed by atoms with van der Waals surface area (Å²) in [5, 5.41) is 5.48. The molecule has 7 nitrogen and oxygen atoms in total. The van der Waals surface area contributed by atoms with Crippen molar-refractivity contribution in [2.75, 3.05) is 31.7 Å². The van der Waals surface area contributed by atoms with Crippen LogP contribution in [0, 0.1) is 0 Å². The van der Waals surface area contributed by atoms with Crippen LogP contribution in [0.25, 0.3) is 0 Å². The molecule has 0 aliphatic rings. The number of rotatable bonds is 6. The fraction of sp³-hybridized carbons (Fsp3) is 0.364. The van der Waals surface area contributed by atoms with E-state index in [2.05, 4.69) is 15.4 Å². The Labute approximate surface area is 112 Å². The summed E-state index contributed by atoms with van der Waals surface area (Å²) < 4.78 is 25.3. The molecule has 0 saturated carbocycles. The number of sulfonamides is 1. The van der Waals surface area contributed by atoms with E-state index in [-0.39, 0.29) is 10.8 Å². The molecular formula is C11H18N4O3S. The lowest BCUT2D eigenvalue weighted by Crippen LogP contribution is -2.21. The summed E-state index contributed by atoms with van der Waals surface area (Å²) in [6, 6.07) is 4.39. The van der Waals surface area contributed by atoms with E-state index in [4.69, 9.17) is 5.73 Å². The quantitative estimate of drug-likeness (QED) is 0.537.